The van der Waals surface area contributed by atoms with Gasteiger partial charge in [-0.15, -0.1) is 6.42 Å². The number of hydrogen-bond donors (Lipinski definition) is 5. The molecule has 4 saturated heterocycles. The molecule has 440 valence electrons. The lowest BCUT2D eigenvalue weighted by Gasteiger charge is -2.52. The molecule has 6 fully saturated rings. The fraction of sp³-hybridized carbons (Fsp3) is 0.477. The van der Waals surface area contributed by atoms with E-state index in [1.807, 2.05) is 39.8 Å². The Morgan fingerprint density at radius 3 is 2.32 bits per heavy atom. The number of nitrogens with zero attached hydrogens (tertiary/aromatic N) is 6. The van der Waals surface area contributed by atoms with Crippen molar-refractivity contribution in [2.24, 2.45) is 16.2 Å². The van der Waals surface area contributed by atoms with Crippen LogP contribution in [0.3, 0.4) is 0 Å². The minimum atomic E-state index is -0.996. The van der Waals surface area contributed by atoms with Crippen LogP contribution < -0.4 is 25.6 Å². The van der Waals surface area contributed by atoms with Gasteiger partial charge in [0.1, 0.15) is 53.1 Å². The van der Waals surface area contributed by atoms with Crippen molar-refractivity contribution in [3.8, 4) is 46.5 Å². The average Bonchev–Trinajstić information content (AvgIpc) is 3.86. The number of nitrogens with one attached hydrogen (secondary N) is 3. The predicted octanol–water partition coefficient (Wildman–Crippen LogP) is 8.35. The number of anilines is 1. The number of hydrogen-bond acceptors (Lipinski definition) is 13. The van der Waals surface area contributed by atoms with Crippen molar-refractivity contribution in [1.82, 2.24) is 40.7 Å². The summed E-state index contributed by atoms with van der Waals surface area (Å²) in [5, 5.41) is 32.2. The van der Waals surface area contributed by atoms with Crippen LogP contribution in [-0.4, -0.2) is 142 Å². The Bertz CT molecular complexity index is 3560. The maximum Gasteiger partial charge on any atom is 0.319 e. The van der Waals surface area contributed by atoms with E-state index in [4.69, 9.17) is 25.9 Å². The fourth-order valence-corrected chi connectivity index (χ4v) is 13.6. The standard InChI is InChI=1S/C65H72F3N9O7/c1-6-46-51(67)18-15-40-25-43(78)26-48(54(40)46)56-55(68)57-49(30-69-56)59(76-31-41-16-17-42(32-76)71-41)74-62(73-57)84-36-65(19-20-65)35-75-23-21-64(22-24-75)28-45(29-64)83-34-53(80)72-58(63(3,4)5)61(82)77-33-44(79)27-52(77)60(81)70-37(2)38-11-13-39(14-12-38)47-9-7-8-10-50(47)66/h1,7-15,18,25-26,30,37,41-42,44-45,52,58,71,78-79H,16-17,19-24,27-29,31-36H2,2-5H3,(H,70,81)(H,72,80)/t37-,41?,42?,44+,52-,58+/m0/s1. The third kappa shape index (κ3) is 11.5. The summed E-state index contributed by atoms with van der Waals surface area (Å²) >= 11 is 0. The molecule has 3 amide bonds. The van der Waals surface area contributed by atoms with Crippen LogP contribution in [0, 0.1) is 46.0 Å². The molecule has 6 atom stereocenters. The highest BCUT2D eigenvalue weighted by molar-refractivity contribution is 6.03. The summed E-state index contributed by atoms with van der Waals surface area (Å²) in [7, 11) is 0. The van der Waals surface area contributed by atoms with E-state index in [9.17, 15) is 29.0 Å². The van der Waals surface area contributed by atoms with Gasteiger partial charge in [-0.2, -0.15) is 9.97 Å². The number of fused-ring (bicyclic) bond motifs is 4. The summed E-state index contributed by atoms with van der Waals surface area (Å²) in [5.74, 6) is -0.266. The number of aromatic nitrogens is 3. The Balaban J connectivity index is 0.642. The molecular weight excluding hydrogens is 1080 g/mol. The molecule has 6 heterocycles. The highest BCUT2D eigenvalue weighted by atomic mass is 19.1. The number of amides is 3. The molecule has 2 bridgehead atoms. The van der Waals surface area contributed by atoms with Gasteiger partial charge in [0.05, 0.1) is 35.8 Å². The molecule has 2 unspecified atom stereocenters. The van der Waals surface area contributed by atoms with Crippen LogP contribution in [0.15, 0.2) is 79.0 Å². The summed E-state index contributed by atoms with van der Waals surface area (Å²) < 4.78 is 59.4. The van der Waals surface area contributed by atoms with Crippen molar-refractivity contribution in [3.05, 3.63) is 108 Å². The third-order valence-electron chi connectivity index (χ3n) is 18.6. The lowest BCUT2D eigenvalue weighted by molar-refractivity contribution is -0.148. The molecule has 12 rings (SSSR count). The molecule has 4 aromatic carbocycles. The number of terminal acetylenes is 1. The van der Waals surface area contributed by atoms with E-state index in [0.29, 0.717) is 47.4 Å². The summed E-state index contributed by atoms with van der Waals surface area (Å²) in [6, 6.07) is 17.5. The van der Waals surface area contributed by atoms with Gasteiger partial charge < -0.3 is 50.3 Å². The molecule has 0 radical (unpaired) electrons. The van der Waals surface area contributed by atoms with E-state index in [-0.39, 0.29) is 93.9 Å². The molecule has 19 heteroatoms. The number of β-amino-alcohol motifs (C(OH)–C–C–N with tert-alkyl or cyclic N) is 1. The number of carbonyl (C=O) groups is 3. The normalized spacial score (nSPS) is 22.6. The number of aromatic hydroxyl groups is 1. The van der Waals surface area contributed by atoms with Crippen molar-refractivity contribution in [3.63, 3.8) is 0 Å². The number of benzene rings is 4. The Morgan fingerprint density at radius 1 is 0.905 bits per heavy atom. The zero-order chi connectivity index (χ0) is 58.8. The maximum absolute atomic E-state index is 17.2. The molecule has 2 aliphatic carbocycles. The highest BCUT2D eigenvalue weighted by Gasteiger charge is 2.51. The molecule has 6 aromatic rings. The van der Waals surface area contributed by atoms with E-state index >= 15 is 8.78 Å². The number of aliphatic hydroxyl groups excluding tert-OH is 1. The van der Waals surface area contributed by atoms with Gasteiger partial charge in [-0.3, -0.25) is 19.4 Å². The van der Waals surface area contributed by atoms with Crippen molar-refractivity contribution >= 4 is 45.2 Å². The summed E-state index contributed by atoms with van der Waals surface area (Å²) in [6.45, 7) is 11.4. The number of carbonyl (C=O) groups excluding carboxylic acids is 3. The van der Waals surface area contributed by atoms with E-state index in [0.717, 1.165) is 76.6 Å². The van der Waals surface area contributed by atoms with Gasteiger partial charge in [0.25, 0.3) is 0 Å². The molecule has 16 nitrogen and oxygen atoms in total. The highest BCUT2D eigenvalue weighted by Crippen LogP contribution is 2.52. The average molecular weight is 1150 g/mol. The summed E-state index contributed by atoms with van der Waals surface area (Å²) in [5.41, 5.74) is 1.17. The number of rotatable bonds is 16. The predicted molar refractivity (Wildman–Crippen MR) is 312 cm³/mol. The zero-order valence-corrected chi connectivity index (χ0v) is 47.9. The van der Waals surface area contributed by atoms with E-state index < -0.39 is 59.0 Å². The zero-order valence-electron chi connectivity index (χ0n) is 47.9. The van der Waals surface area contributed by atoms with Gasteiger partial charge in [-0.05, 0) is 123 Å². The Morgan fingerprint density at radius 2 is 1.63 bits per heavy atom. The Labute approximate surface area is 486 Å². The summed E-state index contributed by atoms with van der Waals surface area (Å²) in [4.78, 5) is 61.9. The van der Waals surface area contributed by atoms with Crippen molar-refractivity contribution in [2.45, 2.75) is 128 Å². The molecule has 6 aliphatic rings. The van der Waals surface area contributed by atoms with Crippen LogP contribution >= 0.6 is 0 Å². The van der Waals surface area contributed by atoms with Crippen molar-refractivity contribution < 1.29 is 47.2 Å². The number of aliphatic hydroxyl groups is 1. The van der Waals surface area contributed by atoms with Gasteiger partial charge in [0.15, 0.2) is 5.82 Å². The Kier molecular flexibility index (Phi) is 15.3. The number of halogens is 3. The molecule has 84 heavy (non-hydrogen) atoms. The minimum absolute atomic E-state index is 0.00562. The number of phenols is 1. The minimum Gasteiger partial charge on any atom is -0.508 e. The van der Waals surface area contributed by atoms with Crippen molar-refractivity contribution in [2.75, 3.05) is 57.4 Å². The van der Waals surface area contributed by atoms with Crippen LogP contribution in [0.4, 0.5) is 19.0 Å². The number of piperidine rings is 1. The van der Waals surface area contributed by atoms with E-state index in [1.54, 1.807) is 36.5 Å². The first-order valence-electron chi connectivity index (χ1n) is 29.4. The van der Waals surface area contributed by atoms with Crippen LogP contribution in [0.1, 0.15) is 103 Å². The van der Waals surface area contributed by atoms with E-state index in [2.05, 4.69) is 36.7 Å². The van der Waals surface area contributed by atoms with Crippen LogP contribution in [0.5, 0.6) is 11.8 Å². The Hall–Kier alpha value is -7.37. The SMILES string of the molecule is C#Cc1c(F)ccc2cc(O)cc(-c3ncc4c(N5CC6CCC(C5)N6)nc(OCC5(CN6CCC7(CC6)CC(OCC(=O)N[C@H](C(=O)N6C[C@H](O)C[C@H]6C(=O)N[C@@H](C)c6ccc(-c8ccccc8F)cc6)C(C)(C)C)C7)CC5)nc4c3F)c12. The summed E-state index contributed by atoms with van der Waals surface area (Å²) in [6.07, 6.45) is 13.9. The van der Waals surface area contributed by atoms with Crippen LogP contribution in [-0.2, 0) is 19.1 Å². The lowest BCUT2D eigenvalue weighted by Crippen LogP contribution is -2.58. The molecule has 2 aromatic heterocycles. The molecule has 2 saturated carbocycles. The monoisotopic (exact) mass is 1150 g/mol. The van der Waals surface area contributed by atoms with Gasteiger partial charge in [-0.25, -0.2) is 13.2 Å². The van der Waals surface area contributed by atoms with E-state index in [1.165, 1.54) is 35.2 Å². The number of piperazine rings is 1. The van der Waals surface area contributed by atoms with Crippen molar-refractivity contribution in [1.29, 1.82) is 0 Å². The molecular formula is C65H72F3N9O7. The quantitative estimate of drug-likeness (QED) is 0.0581. The van der Waals surface area contributed by atoms with Crippen LogP contribution in [0.2, 0.25) is 0 Å². The fourth-order valence-electron chi connectivity index (χ4n) is 13.6. The van der Waals surface area contributed by atoms with Gasteiger partial charge in [0.2, 0.25) is 17.7 Å². The first kappa shape index (κ1) is 57.1. The second-order valence-electron chi connectivity index (χ2n) is 25.7. The first-order valence-corrected chi connectivity index (χ1v) is 29.4. The molecule has 4 aliphatic heterocycles. The first-order chi connectivity index (χ1) is 40.2. The second kappa shape index (κ2) is 22.6. The number of phenolic OH excluding ortho intramolecular Hbond substituents is 1. The largest absolute Gasteiger partial charge is 0.508 e. The number of likely N-dealkylation sites (tertiary alicyclic amines) is 2. The number of ether oxygens (including phenoxy) is 2. The van der Waals surface area contributed by atoms with Crippen LogP contribution in [0.25, 0.3) is 44.1 Å². The van der Waals surface area contributed by atoms with Gasteiger partial charge in [-0.1, -0.05) is 75.2 Å². The lowest BCUT2D eigenvalue weighted by atomic mass is 9.61. The third-order valence-corrected chi connectivity index (χ3v) is 18.6. The second-order valence-corrected chi connectivity index (χ2v) is 25.7. The number of pyridine rings is 1. The maximum atomic E-state index is 17.2. The molecule has 1 spiro atoms. The smallest absolute Gasteiger partial charge is 0.319 e. The van der Waals surface area contributed by atoms with Gasteiger partial charge in [0, 0.05) is 72.8 Å². The molecule has 5 N–H and O–H groups in total. The van der Waals surface area contributed by atoms with Gasteiger partial charge >= 0.3 is 6.01 Å². The topological polar surface area (TPSA) is 195 Å².